The summed E-state index contributed by atoms with van der Waals surface area (Å²) >= 11 is 0. The monoisotopic (exact) mass is 372 g/mol. The Hall–Kier alpha value is -2.67. The normalized spacial score (nSPS) is 20.6. The minimum Gasteiger partial charge on any atom is -0.508 e. The summed E-state index contributed by atoms with van der Waals surface area (Å²) in [5.41, 5.74) is 1.30. The van der Waals surface area contributed by atoms with Crippen molar-refractivity contribution in [3.05, 3.63) is 65.7 Å². The number of nitrogens with zero attached hydrogens (tertiary/aromatic N) is 1. The molecule has 136 valence electrons. The summed E-state index contributed by atoms with van der Waals surface area (Å²) in [5, 5.41) is 12.2. The zero-order chi connectivity index (χ0) is 18.7. The van der Waals surface area contributed by atoms with Crippen LogP contribution in [0.25, 0.3) is 0 Å². The van der Waals surface area contributed by atoms with Gasteiger partial charge in [-0.15, -0.1) is 0 Å². The number of hydrogen-bond acceptors (Lipinski definition) is 4. The lowest BCUT2D eigenvalue weighted by molar-refractivity contribution is -0.125. The van der Waals surface area contributed by atoms with Crippen molar-refractivity contribution < 1.29 is 18.9 Å². The third-order valence-corrected chi connectivity index (χ3v) is 5.59. The van der Waals surface area contributed by atoms with Gasteiger partial charge in [0.2, 0.25) is 5.91 Å². The van der Waals surface area contributed by atoms with Crippen LogP contribution in [0.15, 0.2) is 54.6 Å². The maximum Gasteiger partial charge on any atom is 0.255 e. The molecule has 1 aliphatic rings. The average Bonchev–Trinajstić information content (AvgIpc) is 3.04. The number of hydrogen-bond donors (Lipinski definition) is 2. The summed E-state index contributed by atoms with van der Waals surface area (Å²) < 4.78 is 12.0. The summed E-state index contributed by atoms with van der Waals surface area (Å²) in [6.45, 7) is 1.82. The van der Waals surface area contributed by atoms with Gasteiger partial charge in [-0.2, -0.15) is 0 Å². The molecule has 1 aliphatic heterocycles. The van der Waals surface area contributed by atoms with Crippen molar-refractivity contribution >= 4 is 22.6 Å². The molecule has 0 spiro atoms. The molecule has 3 rings (SSSR count). The number of nitrogens with one attached hydrogen (secondary N) is 1. The van der Waals surface area contributed by atoms with Gasteiger partial charge in [-0.05, 0) is 36.8 Å². The maximum absolute atomic E-state index is 12.7. The lowest BCUT2D eigenvalue weighted by Crippen LogP contribution is -2.47. The van der Waals surface area contributed by atoms with Crippen molar-refractivity contribution in [2.45, 2.75) is 19.0 Å². The second-order valence-electron chi connectivity index (χ2n) is 6.21. The van der Waals surface area contributed by atoms with E-state index in [0.29, 0.717) is 5.56 Å². The number of carbonyl (C=O) groups is 2. The van der Waals surface area contributed by atoms with Crippen LogP contribution in [0, 0.1) is 0 Å². The Balaban J connectivity index is 1.73. The first-order valence-corrected chi connectivity index (χ1v) is 9.75. The van der Waals surface area contributed by atoms with Crippen molar-refractivity contribution in [2.24, 2.45) is 0 Å². The highest BCUT2D eigenvalue weighted by molar-refractivity contribution is 7.85. The summed E-state index contributed by atoms with van der Waals surface area (Å²) in [5.74, 6) is -0.292. The SMILES string of the molecule is C[C@@H](NC(=O)[C@@H]1C[S@](=O)CN1C(=O)c1ccccc1)c1ccc(O)cc1. The molecule has 1 heterocycles. The van der Waals surface area contributed by atoms with Crippen LogP contribution in [0.2, 0.25) is 0 Å². The highest BCUT2D eigenvalue weighted by Crippen LogP contribution is 2.20. The van der Waals surface area contributed by atoms with Crippen molar-refractivity contribution in [1.82, 2.24) is 10.2 Å². The van der Waals surface area contributed by atoms with Gasteiger partial charge in [0.15, 0.2) is 0 Å². The van der Waals surface area contributed by atoms with E-state index in [1.54, 1.807) is 48.5 Å². The Kier molecular flexibility index (Phi) is 5.37. The van der Waals surface area contributed by atoms with E-state index in [-0.39, 0.29) is 35.2 Å². The molecule has 1 fully saturated rings. The fourth-order valence-corrected chi connectivity index (χ4v) is 4.28. The predicted molar refractivity (Wildman–Crippen MR) is 98.9 cm³/mol. The average molecular weight is 372 g/mol. The first-order valence-electron chi connectivity index (χ1n) is 8.26. The molecule has 0 unspecified atom stereocenters. The minimum atomic E-state index is -1.25. The third kappa shape index (κ3) is 3.94. The van der Waals surface area contributed by atoms with E-state index in [9.17, 15) is 18.9 Å². The van der Waals surface area contributed by atoms with Crippen molar-refractivity contribution in [1.29, 1.82) is 0 Å². The van der Waals surface area contributed by atoms with Gasteiger partial charge in [0.1, 0.15) is 11.8 Å². The highest BCUT2D eigenvalue weighted by Gasteiger charge is 2.38. The molecule has 1 saturated heterocycles. The first kappa shape index (κ1) is 18.1. The van der Waals surface area contributed by atoms with Gasteiger partial charge in [-0.1, -0.05) is 30.3 Å². The topological polar surface area (TPSA) is 86.7 Å². The van der Waals surface area contributed by atoms with Gasteiger partial charge in [-0.3, -0.25) is 13.8 Å². The molecule has 0 bridgehead atoms. The Bertz CT molecular complexity index is 823. The molecule has 2 N–H and O–H groups in total. The summed E-state index contributed by atoms with van der Waals surface area (Å²) in [4.78, 5) is 26.8. The lowest BCUT2D eigenvalue weighted by atomic mass is 10.1. The Labute approximate surface area is 154 Å². The fraction of sp³-hybridized carbons (Fsp3) is 0.263. The van der Waals surface area contributed by atoms with Crippen molar-refractivity contribution in [2.75, 3.05) is 11.6 Å². The molecule has 0 aromatic heterocycles. The van der Waals surface area contributed by atoms with E-state index in [1.165, 1.54) is 4.90 Å². The predicted octanol–water partition coefficient (Wildman–Crippen LogP) is 1.80. The minimum absolute atomic E-state index is 0.0550. The van der Waals surface area contributed by atoms with Crippen LogP contribution >= 0.6 is 0 Å². The standard InChI is InChI=1S/C19H20N2O4S/c1-13(14-7-9-16(22)10-8-14)20-18(23)17-11-26(25)12-21(17)19(24)15-5-3-2-4-6-15/h2-10,13,17,22H,11-12H2,1H3,(H,20,23)/t13-,17+,26+/m1/s1. The lowest BCUT2D eigenvalue weighted by Gasteiger charge is -2.24. The van der Waals surface area contributed by atoms with Gasteiger partial charge in [0.25, 0.3) is 5.91 Å². The van der Waals surface area contributed by atoms with Gasteiger partial charge >= 0.3 is 0 Å². The van der Waals surface area contributed by atoms with Crippen LogP contribution < -0.4 is 5.32 Å². The highest BCUT2D eigenvalue weighted by atomic mass is 32.2. The molecule has 2 amide bonds. The number of phenols is 1. The molecule has 26 heavy (non-hydrogen) atoms. The van der Waals surface area contributed by atoms with E-state index in [4.69, 9.17) is 0 Å². The molecule has 0 saturated carbocycles. The van der Waals surface area contributed by atoms with Crippen LogP contribution in [0.4, 0.5) is 0 Å². The van der Waals surface area contributed by atoms with E-state index in [2.05, 4.69) is 5.32 Å². The quantitative estimate of drug-likeness (QED) is 0.857. The molecule has 3 atom stereocenters. The number of benzene rings is 2. The molecule has 0 aliphatic carbocycles. The summed E-state index contributed by atoms with van der Waals surface area (Å²) in [6.07, 6.45) is 0. The number of aromatic hydroxyl groups is 1. The number of carbonyl (C=O) groups excluding carboxylic acids is 2. The summed E-state index contributed by atoms with van der Waals surface area (Å²) in [6, 6.07) is 14.2. The van der Waals surface area contributed by atoms with Crippen molar-refractivity contribution in [3.63, 3.8) is 0 Å². The zero-order valence-electron chi connectivity index (χ0n) is 14.3. The maximum atomic E-state index is 12.7. The zero-order valence-corrected chi connectivity index (χ0v) is 15.1. The van der Waals surface area contributed by atoms with E-state index < -0.39 is 16.8 Å². The molecule has 6 nitrogen and oxygen atoms in total. The second-order valence-corrected chi connectivity index (χ2v) is 7.69. The van der Waals surface area contributed by atoms with Crippen LogP contribution in [0.3, 0.4) is 0 Å². The Morgan fingerprint density at radius 2 is 1.81 bits per heavy atom. The number of rotatable bonds is 4. The number of amides is 2. The van der Waals surface area contributed by atoms with Crippen LogP contribution in [-0.4, -0.2) is 43.7 Å². The molecule has 2 aromatic rings. The number of phenolic OH excluding ortho intramolecular Hbond substituents is 1. The smallest absolute Gasteiger partial charge is 0.255 e. The largest absolute Gasteiger partial charge is 0.508 e. The van der Waals surface area contributed by atoms with Crippen LogP contribution in [0.1, 0.15) is 28.9 Å². The van der Waals surface area contributed by atoms with E-state index >= 15 is 0 Å². The van der Waals surface area contributed by atoms with E-state index in [1.807, 2.05) is 13.0 Å². The molecule has 7 heteroatoms. The van der Waals surface area contributed by atoms with Crippen LogP contribution in [0.5, 0.6) is 5.75 Å². The first-order chi connectivity index (χ1) is 12.5. The van der Waals surface area contributed by atoms with Gasteiger partial charge < -0.3 is 15.3 Å². The molecular weight excluding hydrogens is 352 g/mol. The second kappa shape index (κ2) is 7.70. The van der Waals surface area contributed by atoms with Crippen LogP contribution in [-0.2, 0) is 15.6 Å². The Morgan fingerprint density at radius 1 is 1.15 bits per heavy atom. The van der Waals surface area contributed by atoms with Gasteiger partial charge in [0.05, 0.1) is 17.7 Å². The van der Waals surface area contributed by atoms with E-state index in [0.717, 1.165) is 5.56 Å². The van der Waals surface area contributed by atoms with Gasteiger partial charge in [0, 0.05) is 16.4 Å². The molecular formula is C19H20N2O4S. The molecule has 0 radical (unpaired) electrons. The van der Waals surface area contributed by atoms with Crippen molar-refractivity contribution in [3.8, 4) is 5.75 Å². The summed E-state index contributed by atoms with van der Waals surface area (Å²) in [7, 11) is -1.25. The van der Waals surface area contributed by atoms with Gasteiger partial charge in [-0.25, -0.2) is 0 Å². The molecule has 2 aromatic carbocycles. The Morgan fingerprint density at radius 3 is 2.46 bits per heavy atom. The third-order valence-electron chi connectivity index (χ3n) is 4.34. The fourth-order valence-electron chi connectivity index (χ4n) is 2.88.